The summed E-state index contributed by atoms with van der Waals surface area (Å²) in [7, 11) is 0. The third kappa shape index (κ3) is 3.33. The van der Waals surface area contributed by atoms with Crippen LogP contribution in [0.3, 0.4) is 0 Å². The lowest BCUT2D eigenvalue weighted by Gasteiger charge is -2.24. The molecule has 1 saturated heterocycles. The summed E-state index contributed by atoms with van der Waals surface area (Å²) >= 11 is 0. The van der Waals surface area contributed by atoms with E-state index in [4.69, 9.17) is 4.74 Å². The largest absolute Gasteiger partial charge is 0.481 e. The Morgan fingerprint density at radius 2 is 1.64 bits per heavy atom. The Morgan fingerprint density at radius 3 is 2.16 bits per heavy atom. The van der Waals surface area contributed by atoms with Gasteiger partial charge in [-0.25, -0.2) is 0 Å². The van der Waals surface area contributed by atoms with Gasteiger partial charge >= 0.3 is 5.97 Å². The molecule has 0 spiro atoms. The highest BCUT2D eigenvalue weighted by Crippen LogP contribution is 2.39. The summed E-state index contributed by atoms with van der Waals surface area (Å²) in [6.45, 7) is 8.37. The van der Waals surface area contributed by atoms with E-state index < -0.39 is 30.0 Å². The van der Waals surface area contributed by atoms with Gasteiger partial charge in [-0.2, -0.15) is 0 Å². The van der Waals surface area contributed by atoms with Gasteiger partial charge < -0.3 is 15.2 Å². The van der Waals surface area contributed by atoms with Crippen LogP contribution in [0.2, 0.25) is 0 Å². The second-order valence-corrected chi connectivity index (χ2v) is 7.94. The second-order valence-electron chi connectivity index (χ2n) is 7.94. The number of carboxylic acids is 1. The molecule has 0 radical (unpaired) electrons. The summed E-state index contributed by atoms with van der Waals surface area (Å²) in [5, 5.41) is 12.4. The highest BCUT2D eigenvalue weighted by molar-refractivity contribution is 5.87. The average molecular weight is 343 g/mol. The number of rotatable bonds is 4. The lowest BCUT2D eigenvalue weighted by Crippen LogP contribution is -2.43. The van der Waals surface area contributed by atoms with Crippen LogP contribution in [0.15, 0.2) is 36.4 Å². The van der Waals surface area contributed by atoms with E-state index >= 15 is 0 Å². The van der Waals surface area contributed by atoms with E-state index in [1.54, 1.807) is 12.2 Å². The SMILES string of the molecule is C[C@H](NC(=O)[C@H]1[C@H](C(=O)O)[C@H]2C=C[C@H]1O2)c1ccc(C(C)(C)C)cc1. The fourth-order valence-corrected chi connectivity index (χ4v) is 3.58. The Balaban J connectivity index is 1.70. The normalized spacial score (nSPS) is 28.8. The zero-order valence-electron chi connectivity index (χ0n) is 15.0. The molecule has 1 aromatic rings. The molecule has 5 heteroatoms. The van der Waals surface area contributed by atoms with Crippen molar-refractivity contribution in [2.45, 2.75) is 51.4 Å². The van der Waals surface area contributed by atoms with Crippen molar-refractivity contribution in [3.8, 4) is 0 Å². The van der Waals surface area contributed by atoms with Crippen molar-refractivity contribution in [3.63, 3.8) is 0 Å². The van der Waals surface area contributed by atoms with E-state index in [1.165, 1.54) is 5.56 Å². The zero-order chi connectivity index (χ0) is 18.4. The van der Waals surface area contributed by atoms with Gasteiger partial charge in [0.15, 0.2) is 0 Å². The first-order valence-corrected chi connectivity index (χ1v) is 8.66. The van der Waals surface area contributed by atoms with Crippen LogP contribution in [0.5, 0.6) is 0 Å². The minimum atomic E-state index is -0.987. The van der Waals surface area contributed by atoms with Crippen molar-refractivity contribution in [3.05, 3.63) is 47.5 Å². The summed E-state index contributed by atoms with van der Waals surface area (Å²) in [4.78, 5) is 24.2. The number of carbonyl (C=O) groups excluding carboxylic acids is 1. The van der Waals surface area contributed by atoms with Crippen LogP contribution in [0.4, 0.5) is 0 Å². The Labute approximate surface area is 148 Å². The molecule has 2 aliphatic rings. The monoisotopic (exact) mass is 343 g/mol. The maximum atomic E-state index is 12.7. The van der Waals surface area contributed by atoms with E-state index in [9.17, 15) is 14.7 Å². The van der Waals surface area contributed by atoms with E-state index in [2.05, 4.69) is 38.2 Å². The topological polar surface area (TPSA) is 75.6 Å². The van der Waals surface area contributed by atoms with Gasteiger partial charge in [-0.05, 0) is 23.5 Å². The third-order valence-corrected chi connectivity index (χ3v) is 5.12. The summed E-state index contributed by atoms with van der Waals surface area (Å²) in [5.74, 6) is -2.75. The Morgan fingerprint density at radius 1 is 1.08 bits per heavy atom. The molecular weight excluding hydrogens is 318 g/mol. The number of aliphatic carboxylic acids is 1. The molecule has 2 N–H and O–H groups in total. The summed E-state index contributed by atoms with van der Waals surface area (Å²) in [5.41, 5.74) is 2.30. The first kappa shape index (κ1) is 17.7. The van der Waals surface area contributed by atoms with Crippen molar-refractivity contribution in [1.82, 2.24) is 5.32 Å². The average Bonchev–Trinajstić information content (AvgIpc) is 3.14. The number of carboxylic acid groups (broad SMARTS) is 1. The van der Waals surface area contributed by atoms with Crippen LogP contribution in [0, 0.1) is 11.8 Å². The molecule has 1 aromatic carbocycles. The molecule has 134 valence electrons. The van der Waals surface area contributed by atoms with Gasteiger partial charge in [0.1, 0.15) is 5.92 Å². The van der Waals surface area contributed by atoms with Crippen molar-refractivity contribution < 1.29 is 19.4 Å². The molecule has 1 fully saturated rings. The van der Waals surface area contributed by atoms with Crippen LogP contribution in [-0.2, 0) is 19.7 Å². The molecule has 0 saturated carbocycles. The van der Waals surface area contributed by atoms with Gasteiger partial charge in [0.2, 0.25) is 5.91 Å². The molecule has 0 aliphatic carbocycles. The molecule has 2 aliphatic heterocycles. The Kier molecular flexibility index (Phi) is 4.45. The maximum Gasteiger partial charge on any atom is 0.310 e. The standard InChI is InChI=1S/C20H25NO4/c1-11(12-5-7-13(8-6-12)20(2,3)4)21-18(22)16-14-9-10-15(25-14)17(16)19(23)24/h5-11,14-17H,1-4H3,(H,21,22)(H,23,24)/t11-,14+,15+,16+,17+/m0/s1. The Hall–Kier alpha value is -2.14. The van der Waals surface area contributed by atoms with Gasteiger partial charge in [-0.3, -0.25) is 9.59 Å². The molecule has 5 nitrogen and oxygen atoms in total. The van der Waals surface area contributed by atoms with Gasteiger partial charge in [0.05, 0.1) is 24.2 Å². The van der Waals surface area contributed by atoms with E-state index in [0.717, 1.165) is 5.56 Å². The number of fused-ring (bicyclic) bond motifs is 2. The summed E-state index contributed by atoms with van der Waals surface area (Å²) in [6, 6.07) is 7.97. The zero-order valence-corrected chi connectivity index (χ0v) is 15.0. The molecule has 0 unspecified atom stereocenters. The first-order chi connectivity index (χ1) is 11.7. The minimum Gasteiger partial charge on any atom is -0.481 e. The quantitative estimate of drug-likeness (QED) is 0.824. The van der Waals surface area contributed by atoms with Crippen LogP contribution < -0.4 is 5.32 Å². The van der Waals surface area contributed by atoms with E-state index in [0.29, 0.717) is 0 Å². The summed E-state index contributed by atoms with van der Waals surface area (Å²) in [6.07, 6.45) is 2.58. The molecular formula is C20H25NO4. The van der Waals surface area contributed by atoms with Crippen LogP contribution in [-0.4, -0.2) is 29.2 Å². The van der Waals surface area contributed by atoms with Crippen molar-refractivity contribution in [1.29, 1.82) is 0 Å². The fraction of sp³-hybridized carbons (Fsp3) is 0.500. The molecule has 2 bridgehead atoms. The van der Waals surface area contributed by atoms with Gasteiger partial charge in [0.25, 0.3) is 0 Å². The molecule has 25 heavy (non-hydrogen) atoms. The number of carbonyl (C=O) groups is 2. The van der Waals surface area contributed by atoms with Crippen LogP contribution >= 0.6 is 0 Å². The number of ether oxygens (including phenoxy) is 1. The minimum absolute atomic E-state index is 0.0759. The third-order valence-electron chi connectivity index (χ3n) is 5.12. The lowest BCUT2D eigenvalue weighted by atomic mass is 9.82. The van der Waals surface area contributed by atoms with Gasteiger partial charge in [0, 0.05) is 0 Å². The van der Waals surface area contributed by atoms with Gasteiger partial charge in [-0.1, -0.05) is 57.2 Å². The van der Waals surface area contributed by atoms with E-state index in [-0.39, 0.29) is 17.4 Å². The molecule has 5 atom stereocenters. The number of amides is 1. The number of hydrogen-bond donors (Lipinski definition) is 2. The second kappa shape index (κ2) is 6.30. The lowest BCUT2D eigenvalue weighted by molar-refractivity contribution is -0.146. The predicted molar refractivity (Wildman–Crippen MR) is 94.1 cm³/mol. The molecule has 1 amide bonds. The van der Waals surface area contributed by atoms with Crippen LogP contribution in [0.1, 0.15) is 44.9 Å². The maximum absolute atomic E-state index is 12.7. The Bertz CT molecular complexity index is 701. The van der Waals surface area contributed by atoms with Gasteiger partial charge in [-0.15, -0.1) is 0 Å². The first-order valence-electron chi connectivity index (χ1n) is 8.66. The molecule has 0 aromatic heterocycles. The fourth-order valence-electron chi connectivity index (χ4n) is 3.58. The molecule has 2 heterocycles. The predicted octanol–water partition coefficient (Wildman–Crippen LogP) is 2.82. The van der Waals surface area contributed by atoms with Crippen molar-refractivity contribution in [2.24, 2.45) is 11.8 Å². The highest BCUT2D eigenvalue weighted by atomic mass is 16.5. The number of benzene rings is 1. The number of nitrogens with one attached hydrogen (secondary N) is 1. The van der Waals surface area contributed by atoms with Crippen LogP contribution in [0.25, 0.3) is 0 Å². The summed E-state index contributed by atoms with van der Waals surface area (Å²) < 4.78 is 5.57. The van der Waals surface area contributed by atoms with Crippen molar-refractivity contribution in [2.75, 3.05) is 0 Å². The van der Waals surface area contributed by atoms with Crippen molar-refractivity contribution >= 4 is 11.9 Å². The smallest absolute Gasteiger partial charge is 0.310 e. The van der Waals surface area contributed by atoms with E-state index in [1.807, 2.05) is 19.1 Å². The highest BCUT2D eigenvalue weighted by Gasteiger charge is 2.53. The number of hydrogen-bond acceptors (Lipinski definition) is 3. The molecule has 3 rings (SSSR count).